The lowest BCUT2D eigenvalue weighted by Crippen LogP contribution is -2.42. The van der Waals surface area contributed by atoms with Gasteiger partial charge in [-0.2, -0.15) is 0 Å². The molecule has 102 valence electrons. The lowest BCUT2D eigenvalue weighted by molar-refractivity contribution is -0.126. The highest BCUT2D eigenvalue weighted by Crippen LogP contribution is 2.23. The van der Waals surface area contributed by atoms with E-state index in [1.165, 1.54) is 25.1 Å². The Morgan fingerprint density at radius 2 is 2.05 bits per heavy atom. The van der Waals surface area contributed by atoms with Gasteiger partial charge in [0.25, 0.3) is 5.91 Å². The van der Waals surface area contributed by atoms with Crippen LogP contribution in [0, 0.1) is 0 Å². The maximum Gasteiger partial charge on any atom is 0.339 e. The molecule has 0 aliphatic heterocycles. The first-order chi connectivity index (χ1) is 8.81. The van der Waals surface area contributed by atoms with Crippen molar-refractivity contribution in [1.82, 2.24) is 5.32 Å². The normalized spacial score (nSPS) is 11.5. The lowest BCUT2D eigenvalue weighted by Gasteiger charge is -2.15. The van der Waals surface area contributed by atoms with E-state index in [1.807, 2.05) is 5.32 Å². The minimum absolute atomic E-state index is 0.0379. The molecule has 0 fully saturated rings. The molecule has 1 aromatic carbocycles. The zero-order chi connectivity index (χ0) is 14.6. The minimum atomic E-state index is -1.25. The van der Waals surface area contributed by atoms with Crippen molar-refractivity contribution in [2.24, 2.45) is 5.73 Å². The summed E-state index contributed by atoms with van der Waals surface area (Å²) in [4.78, 5) is 32.9. The zero-order valence-corrected chi connectivity index (χ0v) is 10.6. The van der Waals surface area contributed by atoms with E-state index in [0.717, 1.165) is 0 Å². The predicted octanol–water partition coefficient (Wildman–Crippen LogP) is 1.00. The minimum Gasteiger partial charge on any atom is -0.480 e. The fourth-order valence-corrected chi connectivity index (χ4v) is 1.41. The molecule has 1 atom stereocenters. The molecule has 1 rings (SSSR count). The maximum absolute atomic E-state index is 11.4. The number of hydrogen-bond acceptors (Lipinski definition) is 4. The smallest absolute Gasteiger partial charge is 0.339 e. The van der Waals surface area contributed by atoms with Gasteiger partial charge < -0.3 is 15.6 Å². The Bertz CT molecular complexity index is 532. The van der Waals surface area contributed by atoms with Crippen LogP contribution < -0.4 is 15.8 Å². The number of benzene rings is 1. The number of imide groups is 1. The standard InChI is InChI=1S/C11H11ClN2O5/c1-5(9(15)14-11(13)18)19-8-3-2-6(12)4-7(8)10(16)17/h2-5H,1H3,(H,16,17)(H3,13,14,15,18). The Kier molecular flexibility index (Phi) is 4.71. The number of hydrogen-bond donors (Lipinski definition) is 3. The molecule has 0 heterocycles. The molecule has 19 heavy (non-hydrogen) atoms. The topological polar surface area (TPSA) is 119 Å². The molecule has 0 saturated heterocycles. The Labute approximate surface area is 113 Å². The van der Waals surface area contributed by atoms with E-state index in [-0.39, 0.29) is 16.3 Å². The van der Waals surface area contributed by atoms with Crippen LogP contribution in [0.15, 0.2) is 18.2 Å². The van der Waals surface area contributed by atoms with Gasteiger partial charge in [-0.15, -0.1) is 0 Å². The second-order valence-electron chi connectivity index (χ2n) is 3.56. The number of amides is 3. The first-order valence-corrected chi connectivity index (χ1v) is 5.49. The van der Waals surface area contributed by atoms with Gasteiger partial charge in [0.05, 0.1) is 0 Å². The molecule has 1 aromatic rings. The molecule has 7 nitrogen and oxygen atoms in total. The van der Waals surface area contributed by atoms with Crippen molar-refractivity contribution in [3.05, 3.63) is 28.8 Å². The molecule has 0 aliphatic rings. The van der Waals surface area contributed by atoms with Crippen LogP contribution in [0.5, 0.6) is 5.75 Å². The van der Waals surface area contributed by atoms with Crippen LogP contribution in [-0.2, 0) is 4.79 Å². The second-order valence-corrected chi connectivity index (χ2v) is 4.00. The number of urea groups is 1. The van der Waals surface area contributed by atoms with Crippen LogP contribution in [0.4, 0.5) is 4.79 Å². The predicted molar refractivity (Wildman–Crippen MR) is 66.2 cm³/mol. The van der Waals surface area contributed by atoms with E-state index in [0.29, 0.717) is 0 Å². The van der Waals surface area contributed by atoms with Crippen molar-refractivity contribution in [2.45, 2.75) is 13.0 Å². The Balaban J connectivity index is 2.90. The van der Waals surface area contributed by atoms with Crippen LogP contribution in [0.25, 0.3) is 0 Å². The highest BCUT2D eigenvalue weighted by molar-refractivity contribution is 6.31. The quantitative estimate of drug-likeness (QED) is 0.763. The number of rotatable bonds is 4. The molecule has 0 bridgehead atoms. The molecule has 0 aliphatic carbocycles. The number of carbonyl (C=O) groups is 3. The van der Waals surface area contributed by atoms with Crippen LogP contribution >= 0.6 is 11.6 Å². The van der Waals surface area contributed by atoms with Crippen molar-refractivity contribution in [1.29, 1.82) is 0 Å². The molecule has 4 N–H and O–H groups in total. The first kappa shape index (κ1) is 14.8. The molecule has 8 heteroatoms. The van der Waals surface area contributed by atoms with Gasteiger partial charge in [0.1, 0.15) is 11.3 Å². The van der Waals surface area contributed by atoms with E-state index in [9.17, 15) is 14.4 Å². The molecule has 0 aromatic heterocycles. The molecule has 0 radical (unpaired) electrons. The Hall–Kier alpha value is -2.28. The van der Waals surface area contributed by atoms with Crippen molar-refractivity contribution in [2.75, 3.05) is 0 Å². The number of carboxylic acids is 1. The van der Waals surface area contributed by atoms with Crippen LogP contribution in [0.1, 0.15) is 17.3 Å². The first-order valence-electron chi connectivity index (χ1n) is 5.11. The van der Waals surface area contributed by atoms with E-state index in [4.69, 9.17) is 27.2 Å². The summed E-state index contributed by atoms with van der Waals surface area (Å²) in [6.45, 7) is 1.35. The van der Waals surface area contributed by atoms with Crippen molar-refractivity contribution >= 4 is 29.5 Å². The summed E-state index contributed by atoms with van der Waals surface area (Å²) in [5, 5.41) is 11.0. The zero-order valence-electron chi connectivity index (χ0n) is 9.84. The summed E-state index contributed by atoms with van der Waals surface area (Å²) < 4.78 is 5.17. The van der Waals surface area contributed by atoms with Gasteiger partial charge in [0, 0.05) is 5.02 Å². The molecule has 1 unspecified atom stereocenters. The van der Waals surface area contributed by atoms with Crippen LogP contribution in [0.2, 0.25) is 5.02 Å². The molecule has 3 amide bonds. The monoisotopic (exact) mass is 286 g/mol. The highest BCUT2D eigenvalue weighted by atomic mass is 35.5. The van der Waals surface area contributed by atoms with E-state index in [1.54, 1.807) is 0 Å². The number of halogens is 1. The van der Waals surface area contributed by atoms with E-state index in [2.05, 4.69) is 0 Å². The van der Waals surface area contributed by atoms with Crippen molar-refractivity contribution < 1.29 is 24.2 Å². The highest BCUT2D eigenvalue weighted by Gasteiger charge is 2.20. The lowest BCUT2D eigenvalue weighted by atomic mass is 10.2. The summed E-state index contributed by atoms with van der Waals surface area (Å²) in [6, 6.07) is 2.91. The van der Waals surface area contributed by atoms with Gasteiger partial charge in [0.2, 0.25) is 0 Å². The van der Waals surface area contributed by atoms with Crippen LogP contribution in [0.3, 0.4) is 0 Å². The largest absolute Gasteiger partial charge is 0.480 e. The molecular formula is C11H11ClN2O5. The van der Waals surface area contributed by atoms with E-state index >= 15 is 0 Å². The van der Waals surface area contributed by atoms with Gasteiger partial charge in [-0.3, -0.25) is 10.1 Å². The Morgan fingerprint density at radius 1 is 1.42 bits per heavy atom. The van der Waals surface area contributed by atoms with Gasteiger partial charge >= 0.3 is 12.0 Å². The molecule has 0 spiro atoms. The summed E-state index contributed by atoms with van der Waals surface area (Å²) in [5.74, 6) is -2.07. The van der Waals surface area contributed by atoms with Gasteiger partial charge in [-0.1, -0.05) is 11.6 Å². The third-order valence-corrected chi connectivity index (χ3v) is 2.33. The number of carbonyl (C=O) groups excluding carboxylic acids is 2. The maximum atomic E-state index is 11.4. The molecular weight excluding hydrogens is 276 g/mol. The number of nitrogens with two attached hydrogens (primary N) is 1. The SMILES string of the molecule is CC(Oc1ccc(Cl)cc1C(=O)O)C(=O)NC(N)=O. The number of aromatic carboxylic acids is 1. The third-order valence-electron chi connectivity index (χ3n) is 2.09. The van der Waals surface area contributed by atoms with Crippen molar-refractivity contribution in [3.63, 3.8) is 0 Å². The van der Waals surface area contributed by atoms with Gasteiger partial charge in [0.15, 0.2) is 6.10 Å². The van der Waals surface area contributed by atoms with Crippen LogP contribution in [-0.4, -0.2) is 29.1 Å². The average molecular weight is 287 g/mol. The summed E-state index contributed by atoms with van der Waals surface area (Å²) in [5.41, 5.74) is 4.60. The second kappa shape index (κ2) is 6.05. The summed E-state index contributed by atoms with van der Waals surface area (Å²) in [7, 11) is 0. The van der Waals surface area contributed by atoms with Gasteiger partial charge in [-0.25, -0.2) is 9.59 Å². The number of nitrogens with one attached hydrogen (secondary N) is 1. The number of carboxylic acid groups (broad SMARTS) is 1. The van der Waals surface area contributed by atoms with Crippen molar-refractivity contribution in [3.8, 4) is 5.75 Å². The Morgan fingerprint density at radius 3 is 2.58 bits per heavy atom. The third kappa shape index (κ3) is 4.14. The summed E-state index contributed by atoms with van der Waals surface area (Å²) in [6.07, 6.45) is -1.09. The average Bonchev–Trinajstić information content (AvgIpc) is 2.30. The fraction of sp³-hybridized carbons (Fsp3) is 0.182. The van der Waals surface area contributed by atoms with E-state index < -0.39 is 24.0 Å². The van der Waals surface area contributed by atoms with Gasteiger partial charge in [-0.05, 0) is 25.1 Å². The fourth-order valence-electron chi connectivity index (χ4n) is 1.24. The summed E-state index contributed by atoms with van der Waals surface area (Å²) >= 11 is 5.67. The number of ether oxygens (including phenoxy) is 1. The number of primary amides is 1. The molecule has 0 saturated carbocycles.